The molecule has 0 aliphatic heterocycles. The summed E-state index contributed by atoms with van der Waals surface area (Å²) in [7, 11) is 0. The second-order valence-corrected chi connectivity index (χ2v) is 12.6. The highest BCUT2D eigenvalue weighted by atomic mass is 15.1. The molecule has 0 heterocycles. The van der Waals surface area contributed by atoms with Crippen molar-refractivity contribution in [3.05, 3.63) is 162 Å². The minimum atomic E-state index is 0.0853. The largest absolute Gasteiger partial charge is 0.382 e. The van der Waals surface area contributed by atoms with Crippen LogP contribution < -0.4 is 15.1 Å². The quantitative estimate of drug-likeness (QED) is 0.146. The van der Waals surface area contributed by atoms with Crippen molar-refractivity contribution < 1.29 is 0 Å². The normalized spacial score (nSPS) is 13.3. The lowest BCUT2D eigenvalue weighted by Crippen LogP contribution is -2.16. The summed E-state index contributed by atoms with van der Waals surface area (Å²) in [5.74, 6) is 0.0853. The van der Waals surface area contributed by atoms with Gasteiger partial charge >= 0.3 is 0 Å². The highest BCUT2D eigenvalue weighted by Gasteiger charge is 2.23. The zero-order chi connectivity index (χ0) is 32.0. The molecule has 0 saturated heterocycles. The average molecular weight is 616 g/mol. The minimum absolute atomic E-state index is 0.0853. The molecule has 6 aromatic rings. The van der Waals surface area contributed by atoms with Gasteiger partial charge in [-0.05, 0) is 103 Å². The van der Waals surface area contributed by atoms with Crippen LogP contribution in [0.5, 0.6) is 0 Å². The first-order chi connectivity index (χ1) is 23.2. The molecule has 1 N–H and O–H groups in total. The Kier molecular flexibility index (Phi) is 9.24. The Bertz CT molecular complexity index is 1780. The first kappa shape index (κ1) is 30.6. The molecule has 236 valence electrons. The van der Waals surface area contributed by atoms with E-state index in [4.69, 9.17) is 0 Å². The summed E-state index contributed by atoms with van der Waals surface area (Å²) in [5.41, 5.74) is 10.0. The van der Waals surface area contributed by atoms with Gasteiger partial charge in [0.05, 0.1) is 0 Å². The number of para-hydroxylation sites is 2. The predicted molar refractivity (Wildman–Crippen MR) is 202 cm³/mol. The van der Waals surface area contributed by atoms with Gasteiger partial charge in [-0.1, -0.05) is 104 Å². The van der Waals surface area contributed by atoms with E-state index in [2.05, 4.69) is 175 Å². The van der Waals surface area contributed by atoms with Gasteiger partial charge < -0.3 is 15.1 Å². The Morgan fingerprint density at radius 3 is 1.45 bits per heavy atom. The summed E-state index contributed by atoms with van der Waals surface area (Å²) in [6.45, 7) is 6.24. The molecule has 47 heavy (non-hydrogen) atoms. The zero-order valence-electron chi connectivity index (χ0n) is 27.6. The van der Waals surface area contributed by atoms with E-state index in [1.54, 1.807) is 0 Å². The van der Waals surface area contributed by atoms with Crippen molar-refractivity contribution in [2.75, 3.05) is 28.2 Å². The second kappa shape index (κ2) is 14.2. The molecule has 1 aliphatic carbocycles. The van der Waals surface area contributed by atoms with Crippen LogP contribution >= 0.6 is 0 Å². The van der Waals surface area contributed by atoms with Crippen LogP contribution in [0, 0.1) is 0 Å². The number of rotatable bonds is 11. The maximum absolute atomic E-state index is 3.90. The molecule has 0 radical (unpaired) electrons. The minimum Gasteiger partial charge on any atom is -0.382 e. The zero-order valence-corrected chi connectivity index (χ0v) is 27.6. The van der Waals surface area contributed by atoms with Crippen molar-refractivity contribution in [1.29, 1.82) is 0 Å². The molecule has 0 spiro atoms. The Labute approximate surface area is 280 Å². The maximum atomic E-state index is 3.90. The molecule has 1 saturated carbocycles. The van der Waals surface area contributed by atoms with E-state index in [9.17, 15) is 0 Å². The van der Waals surface area contributed by atoms with E-state index >= 15 is 0 Å². The second-order valence-electron chi connectivity index (χ2n) is 12.6. The third-order valence-electron chi connectivity index (χ3n) is 9.83. The van der Waals surface area contributed by atoms with Crippen LogP contribution in [0.3, 0.4) is 0 Å². The van der Waals surface area contributed by atoms with Gasteiger partial charge in [-0.15, -0.1) is 0 Å². The first-order valence-corrected chi connectivity index (χ1v) is 17.4. The molecule has 0 unspecified atom stereocenters. The standard InChI is InChI=1S/C44H45N3/c1-3-46(36-17-7-5-8-18-36)38-27-23-33(24-28-38)44(34-25-29-39(30-26-34)47(4-2)37-19-9-6-10-20-37)42-31-32-43(45-35-15-11-12-16-35)41-22-14-13-21-40(41)42/h5-10,13-14,17-32,35,44-45H,3-4,11-12,15-16H2,1-2H3. The fourth-order valence-corrected chi connectivity index (χ4v) is 7.48. The van der Waals surface area contributed by atoms with Crippen molar-refractivity contribution in [2.45, 2.75) is 51.5 Å². The van der Waals surface area contributed by atoms with Crippen molar-refractivity contribution in [2.24, 2.45) is 0 Å². The number of fused-ring (bicyclic) bond motifs is 1. The number of anilines is 5. The number of nitrogens with zero attached hydrogens (tertiary/aromatic N) is 2. The fraction of sp³-hybridized carbons (Fsp3) is 0.227. The third-order valence-corrected chi connectivity index (χ3v) is 9.83. The van der Waals surface area contributed by atoms with E-state index in [1.165, 1.54) is 81.6 Å². The molecule has 0 amide bonds. The van der Waals surface area contributed by atoms with Gasteiger partial charge in [0.15, 0.2) is 0 Å². The Hall–Kier alpha value is -5.02. The molecular weight excluding hydrogens is 571 g/mol. The van der Waals surface area contributed by atoms with Gasteiger partial charge in [0.2, 0.25) is 0 Å². The van der Waals surface area contributed by atoms with E-state index in [0.717, 1.165) is 13.1 Å². The lowest BCUT2D eigenvalue weighted by atomic mass is 9.82. The van der Waals surface area contributed by atoms with Gasteiger partial charge in [0.1, 0.15) is 0 Å². The Balaban J connectivity index is 1.31. The average Bonchev–Trinajstić information content (AvgIpc) is 3.65. The van der Waals surface area contributed by atoms with Crippen molar-refractivity contribution in [3.63, 3.8) is 0 Å². The summed E-state index contributed by atoms with van der Waals surface area (Å²) in [6, 6.07) is 54.1. The first-order valence-electron chi connectivity index (χ1n) is 17.4. The van der Waals surface area contributed by atoms with Crippen LogP contribution in [0.2, 0.25) is 0 Å². The number of benzene rings is 6. The highest BCUT2D eigenvalue weighted by Crippen LogP contribution is 2.41. The highest BCUT2D eigenvalue weighted by molar-refractivity contribution is 5.97. The predicted octanol–water partition coefficient (Wildman–Crippen LogP) is 11.7. The molecule has 0 bridgehead atoms. The summed E-state index contributed by atoms with van der Waals surface area (Å²) in [6.07, 6.45) is 5.16. The van der Waals surface area contributed by atoms with E-state index < -0.39 is 0 Å². The smallest absolute Gasteiger partial charge is 0.0422 e. The monoisotopic (exact) mass is 615 g/mol. The number of nitrogens with one attached hydrogen (secondary N) is 1. The van der Waals surface area contributed by atoms with Crippen LogP contribution in [0.15, 0.2) is 146 Å². The molecule has 0 atom stereocenters. The van der Waals surface area contributed by atoms with Crippen molar-refractivity contribution >= 4 is 39.2 Å². The van der Waals surface area contributed by atoms with Crippen LogP contribution in [-0.2, 0) is 0 Å². The van der Waals surface area contributed by atoms with Crippen LogP contribution in [0.25, 0.3) is 10.8 Å². The lowest BCUT2D eigenvalue weighted by molar-refractivity contribution is 0.756. The van der Waals surface area contributed by atoms with E-state index in [1.807, 2.05) is 0 Å². The topological polar surface area (TPSA) is 18.5 Å². The fourth-order valence-electron chi connectivity index (χ4n) is 7.48. The summed E-state index contributed by atoms with van der Waals surface area (Å²) in [4.78, 5) is 4.74. The third kappa shape index (κ3) is 6.49. The van der Waals surface area contributed by atoms with Gasteiger partial charge in [0.25, 0.3) is 0 Å². The van der Waals surface area contributed by atoms with Crippen LogP contribution in [0.1, 0.15) is 62.1 Å². The summed E-state index contributed by atoms with van der Waals surface area (Å²) in [5, 5.41) is 6.52. The molecule has 1 fully saturated rings. The Morgan fingerprint density at radius 2 is 0.957 bits per heavy atom. The molecule has 6 aromatic carbocycles. The summed E-state index contributed by atoms with van der Waals surface area (Å²) < 4.78 is 0. The molecule has 1 aliphatic rings. The van der Waals surface area contributed by atoms with Gasteiger partial charge in [-0.3, -0.25) is 0 Å². The Morgan fingerprint density at radius 1 is 0.511 bits per heavy atom. The molecule has 7 rings (SSSR count). The van der Waals surface area contributed by atoms with E-state index in [-0.39, 0.29) is 5.92 Å². The van der Waals surface area contributed by atoms with Crippen LogP contribution in [-0.4, -0.2) is 19.1 Å². The van der Waals surface area contributed by atoms with Gasteiger partial charge in [-0.2, -0.15) is 0 Å². The molecule has 0 aromatic heterocycles. The maximum Gasteiger partial charge on any atom is 0.0422 e. The molecular formula is C44H45N3. The summed E-state index contributed by atoms with van der Waals surface area (Å²) >= 11 is 0. The lowest BCUT2D eigenvalue weighted by Gasteiger charge is -2.27. The van der Waals surface area contributed by atoms with Gasteiger partial charge in [-0.25, -0.2) is 0 Å². The number of hydrogen-bond acceptors (Lipinski definition) is 3. The molecule has 3 nitrogen and oxygen atoms in total. The van der Waals surface area contributed by atoms with E-state index in [0.29, 0.717) is 6.04 Å². The SMILES string of the molecule is CCN(c1ccccc1)c1ccc(C(c2ccc(N(CC)c3ccccc3)cc2)c2ccc(NC3CCCC3)c3ccccc23)cc1. The number of hydrogen-bond donors (Lipinski definition) is 1. The molecule has 3 heteroatoms. The van der Waals surface area contributed by atoms with Gasteiger partial charge in [0, 0.05) is 58.9 Å². The van der Waals surface area contributed by atoms with Crippen molar-refractivity contribution in [3.8, 4) is 0 Å². The van der Waals surface area contributed by atoms with Crippen LogP contribution in [0.4, 0.5) is 28.4 Å². The van der Waals surface area contributed by atoms with Crippen molar-refractivity contribution in [1.82, 2.24) is 0 Å².